The summed E-state index contributed by atoms with van der Waals surface area (Å²) in [5.41, 5.74) is 16.9. The number of unbranched alkanes of at least 4 members (excludes halogenated alkanes) is 2. The van der Waals surface area contributed by atoms with Crippen molar-refractivity contribution in [3.8, 4) is 0 Å². The van der Waals surface area contributed by atoms with Crippen LogP contribution in [-0.4, -0.2) is 173 Å². The molecule has 0 spiro atoms. The predicted molar refractivity (Wildman–Crippen MR) is 211 cm³/mol. The molecule has 330 valence electrons. The summed E-state index contributed by atoms with van der Waals surface area (Å²) < 4.78 is 0. The second-order valence-electron chi connectivity index (χ2n) is 15.7. The van der Waals surface area contributed by atoms with E-state index in [-0.39, 0.29) is 32.0 Å². The summed E-state index contributed by atoms with van der Waals surface area (Å²) in [6.45, 7) is 0.827. The number of nitrogens with one attached hydrogen (secondary N) is 4. The Hall–Kier alpha value is -4.89. The van der Waals surface area contributed by atoms with Gasteiger partial charge in [0.25, 0.3) is 0 Å². The molecule has 4 aliphatic rings. The fourth-order valence-electron chi connectivity index (χ4n) is 8.31. The average Bonchev–Trinajstić information content (AvgIpc) is 4.07. The smallest absolute Gasteiger partial charge is 0.326 e. The highest BCUT2D eigenvalue weighted by Gasteiger charge is 2.46. The Bertz CT molecular complexity index is 1550. The van der Waals surface area contributed by atoms with Crippen molar-refractivity contribution in [2.45, 2.75) is 126 Å². The minimum Gasteiger partial charge on any atom is -0.480 e. The number of amides is 8. The lowest BCUT2D eigenvalue weighted by molar-refractivity contribution is -0.150. The van der Waals surface area contributed by atoms with Crippen LogP contribution in [0.5, 0.6) is 0 Å². The summed E-state index contributed by atoms with van der Waals surface area (Å²) in [4.78, 5) is 123. The normalized spacial score (nSPS) is 22.5. The highest BCUT2D eigenvalue weighted by molar-refractivity contribution is 5.97. The van der Waals surface area contributed by atoms with E-state index >= 15 is 0 Å². The number of rotatable bonds is 21. The lowest BCUT2D eigenvalue weighted by Crippen LogP contribution is -2.57. The van der Waals surface area contributed by atoms with Crippen LogP contribution in [0.25, 0.3) is 0 Å². The van der Waals surface area contributed by atoms with Crippen LogP contribution < -0.4 is 38.5 Å². The number of carboxylic acid groups (broad SMARTS) is 1. The number of hydrogen-bond acceptors (Lipinski definition) is 12. The van der Waals surface area contributed by atoms with Gasteiger partial charge in [-0.1, -0.05) is 6.42 Å². The Balaban J connectivity index is 1.24. The molecular formula is C38H63N11O10. The first kappa shape index (κ1) is 46.8. The fraction of sp³-hybridized carbons (Fsp3) is 0.763. The van der Waals surface area contributed by atoms with Gasteiger partial charge in [0.1, 0.15) is 30.2 Å². The van der Waals surface area contributed by atoms with Crippen LogP contribution in [0.15, 0.2) is 0 Å². The summed E-state index contributed by atoms with van der Waals surface area (Å²) in [5.74, 6) is -5.14. The first-order valence-electron chi connectivity index (χ1n) is 21.0. The lowest BCUT2D eigenvalue weighted by atomic mass is 10.1. The second kappa shape index (κ2) is 23.0. The van der Waals surface area contributed by atoms with Gasteiger partial charge in [0.05, 0.1) is 25.7 Å². The van der Waals surface area contributed by atoms with E-state index in [2.05, 4.69) is 21.3 Å². The molecular weight excluding hydrogens is 770 g/mol. The van der Waals surface area contributed by atoms with E-state index in [9.17, 15) is 48.3 Å². The van der Waals surface area contributed by atoms with Crippen molar-refractivity contribution in [2.24, 2.45) is 17.2 Å². The third-order valence-corrected chi connectivity index (χ3v) is 11.5. The van der Waals surface area contributed by atoms with Crippen molar-refractivity contribution >= 4 is 53.2 Å². The topological polar surface area (TPSA) is 313 Å². The van der Waals surface area contributed by atoms with E-state index in [1.165, 1.54) is 19.6 Å². The molecule has 0 aliphatic carbocycles. The van der Waals surface area contributed by atoms with Crippen LogP contribution in [0, 0.1) is 0 Å². The average molecular weight is 834 g/mol. The monoisotopic (exact) mass is 833 g/mol. The van der Waals surface area contributed by atoms with Crippen LogP contribution >= 0.6 is 0 Å². The van der Waals surface area contributed by atoms with Crippen LogP contribution in [0.1, 0.15) is 89.9 Å². The van der Waals surface area contributed by atoms with Crippen LogP contribution in [0.4, 0.5) is 0 Å². The number of carboxylic acids is 1. The Labute approximate surface area is 344 Å². The summed E-state index contributed by atoms with van der Waals surface area (Å²) in [7, 11) is 0. The lowest BCUT2D eigenvalue weighted by Gasteiger charge is -2.34. The van der Waals surface area contributed by atoms with Gasteiger partial charge in [0.2, 0.25) is 47.3 Å². The third kappa shape index (κ3) is 12.8. The highest BCUT2D eigenvalue weighted by Crippen LogP contribution is 2.28. The van der Waals surface area contributed by atoms with Crippen LogP contribution in [0.3, 0.4) is 0 Å². The number of carbonyl (C=O) groups is 9. The van der Waals surface area contributed by atoms with E-state index < -0.39 is 96.7 Å². The SMILES string of the molecule is NCCCC[C@H](NC(=O)[C@@H]1CCCN1C(=O)[C@@H]1CCCN1C(=O)[C@@H]1CCCN1C(=O)CNC(=O)CNC(=O)[C@@H]1CCCN1C(=O)CNC(=O)[C@@H](N)CCCCN)C(=O)O. The molecule has 0 unspecified atom stereocenters. The minimum atomic E-state index is -1.17. The summed E-state index contributed by atoms with van der Waals surface area (Å²) in [6.07, 6.45) is 6.83. The van der Waals surface area contributed by atoms with E-state index in [1.807, 2.05) is 0 Å². The van der Waals surface area contributed by atoms with E-state index in [4.69, 9.17) is 17.2 Å². The quantitative estimate of drug-likeness (QED) is 0.0521. The van der Waals surface area contributed by atoms with Crippen molar-refractivity contribution < 1.29 is 48.3 Å². The van der Waals surface area contributed by atoms with Gasteiger partial charge in [-0.05, 0) is 96.6 Å². The summed E-state index contributed by atoms with van der Waals surface area (Å²) in [6, 6.07) is -5.28. The van der Waals surface area contributed by atoms with Gasteiger partial charge in [-0.25, -0.2) is 4.79 Å². The van der Waals surface area contributed by atoms with Crippen molar-refractivity contribution in [3.05, 3.63) is 0 Å². The van der Waals surface area contributed by atoms with Crippen LogP contribution in [0.2, 0.25) is 0 Å². The van der Waals surface area contributed by atoms with Crippen molar-refractivity contribution in [2.75, 3.05) is 58.9 Å². The zero-order valence-corrected chi connectivity index (χ0v) is 33.9. The molecule has 0 bridgehead atoms. The van der Waals surface area contributed by atoms with Gasteiger partial charge in [-0.15, -0.1) is 0 Å². The zero-order valence-electron chi connectivity index (χ0n) is 33.9. The Morgan fingerprint density at radius 1 is 0.559 bits per heavy atom. The third-order valence-electron chi connectivity index (χ3n) is 11.5. The first-order valence-corrected chi connectivity index (χ1v) is 21.0. The van der Waals surface area contributed by atoms with Gasteiger partial charge in [-0.3, -0.25) is 38.4 Å². The van der Waals surface area contributed by atoms with Crippen molar-refractivity contribution in [3.63, 3.8) is 0 Å². The number of aliphatic carboxylic acids is 1. The van der Waals surface area contributed by atoms with Gasteiger partial charge in [0.15, 0.2) is 0 Å². The Morgan fingerprint density at radius 2 is 1.02 bits per heavy atom. The molecule has 4 heterocycles. The van der Waals surface area contributed by atoms with Crippen molar-refractivity contribution in [1.82, 2.24) is 40.9 Å². The maximum absolute atomic E-state index is 13.9. The molecule has 0 saturated carbocycles. The number of nitrogens with two attached hydrogens (primary N) is 3. The molecule has 21 nitrogen and oxygen atoms in total. The zero-order chi connectivity index (χ0) is 43.1. The molecule has 0 aromatic carbocycles. The molecule has 0 radical (unpaired) electrons. The number of hydrogen-bond donors (Lipinski definition) is 8. The minimum absolute atomic E-state index is 0.209. The molecule has 8 amide bonds. The maximum Gasteiger partial charge on any atom is 0.326 e. The van der Waals surface area contributed by atoms with E-state index in [0.717, 1.165) is 6.42 Å². The number of nitrogens with zero attached hydrogens (tertiary/aromatic N) is 4. The Kier molecular flexibility index (Phi) is 18.3. The molecule has 4 fully saturated rings. The molecule has 4 saturated heterocycles. The number of likely N-dealkylation sites (tertiary alicyclic amines) is 4. The molecule has 59 heavy (non-hydrogen) atoms. The van der Waals surface area contributed by atoms with E-state index in [1.54, 1.807) is 0 Å². The molecule has 0 aromatic heterocycles. The summed E-state index contributed by atoms with van der Waals surface area (Å²) >= 11 is 0. The van der Waals surface area contributed by atoms with E-state index in [0.29, 0.717) is 103 Å². The van der Waals surface area contributed by atoms with Crippen LogP contribution in [-0.2, 0) is 43.2 Å². The van der Waals surface area contributed by atoms with Gasteiger partial charge in [-0.2, -0.15) is 0 Å². The number of carbonyl (C=O) groups excluding carboxylic acids is 8. The maximum atomic E-state index is 13.9. The van der Waals surface area contributed by atoms with Gasteiger partial charge >= 0.3 is 5.97 Å². The predicted octanol–water partition coefficient (Wildman–Crippen LogP) is -3.55. The van der Waals surface area contributed by atoms with Crippen molar-refractivity contribution in [1.29, 1.82) is 0 Å². The fourth-order valence-corrected chi connectivity index (χ4v) is 8.31. The molecule has 4 rings (SSSR count). The summed E-state index contributed by atoms with van der Waals surface area (Å²) in [5, 5.41) is 19.7. The Morgan fingerprint density at radius 3 is 1.58 bits per heavy atom. The molecule has 21 heteroatoms. The first-order chi connectivity index (χ1) is 28.3. The molecule has 0 aromatic rings. The van der Waals surface area contributed by atoms with Gasteiger partial charge < -0.3 is 63.2 Å². The second-order valence-corrected chi connectivity index (χ2v) is 15.7. The molecule has 11 N–H and O–H groups in total. The standard InChI is InChI=1S/C38H63N11O10/c39-15-3-1-9-24(41)33(53)44-23-32(52)46-17-5-11-26(46)34(54)43-21-30(50)42-22-31(51)47-18-7-13-28(47)36(56)49-20-8-14-29(49)37(57)48-19-6-12-27(48)35(55)45-25(38(58)59)10-2-4-16-40/h24-29H,1-23,39-41H2,(H,42,50)(H,43,54)(H,44,53)(H,45,55)(H,58,59)/t24-,25-,26-,27-,28-,29-/m0/s1. The largest absolute Gasteiger partial charge is 0.480 e. The highest BCUT2D eigenvalue weighted by atomic mass is 16.4. The molecule has 6 atom stereocenters. The molecule has 4 aliphatic heterocycles. The van der Waals surface area contributed by atoms with Gasteiger partial charge in [0, 0.05) is 26.2 Å².